The Hall–Kier alpha value is -2.96. The first-order valence-corrected chi connectivity index (χ1v) is 10.6. The fourth-order valence-corrected chi connectivity index (χ4v) is 3.93. The predicted molar refractivity (Wildman–Crippen MR) is 117 cm³/mol. The lowest BCUT2D eigenvalue weighted by Crippen LogP contribution is -2.52. The number of aromatic nitrogens is 1. The van der Waals surface area contributed by atoms with Crippen molar-refractivity contribution >= 4 is 11.9 Å². The second-order valence-corrected chi connectivity index (χ2v) is 7.81. The average Bonchev–Trinajstić information content (AvgIpc) is 3.23. The van der Waals surface area contributed by atoms with Gasteiger partial charge in [0.2, 0.25) is 5.91 Å². The zero-order valence-electron chi connectivity index (χ0n) is 18.3. The Bertz CT molecular complexity index is 877. The average molecular weight is 413 g/mol. The highest BCUT2D eigenvalue weighted by Gasteiger charge is 2.35. The summed E-state index contributed by atoms with van der Waals surface area (Å²) in [6.07, 6.45) is 2.89. The van der Waals surface area contributed by atoms with Crippen molar-refractivity contribution in [1.82, 2.24) is 19.7 Å². The van der Waals surface area contributed by atoms with Crippen molar-refractivity contribution < 1.29 is 14.3 Å². The number of amides is 3. The van der Waals surface area contributed by atoms with Crippen LogP contribution < -0.4 is 10.1 Å². The van der Waals surface area contributed by atoms with Gasteiger partial charge in [0.25, 0.3) is 0 Å². The van der Waals surface area contributed by atoms with Crippen molar-refractivity contribution in [1.29, 1.82) is 0 Å². The van der Waals surface area contributed by atoms with Crippen molar-refractivity contribution in [2.24, 2.45) is 0 Å². The van der Waals surface area contributed by atoms with Gasteiger partial charge in [-0.15, -0.1) is 0 Å². The first-order valence-electron chi connectivity index (χ1n) is 10.6. The number of nitrogens with one attached hydrogen (secondary N) is 1. The van der Waals surface area contributed by atoms with Crippen molar-refractivity contribution in [3.05, 3.63) is 53.9 Å². The molecule has 7 nitrogen and oxygen atoms in total. The summed E-state index contributed by atoms with van der Waals surface area (Å²) < 4.78 is 7.77. The molecule has 0 aliphatic carbocycles. The molecule has 0 bridgehead atoms. The number of para-hydroxylation sites is 1. The predicted octanol–water partition coefficient (Wildman–Crippen LogP) is 3.26. The Labute approximate surface area is 178 Å². The van der Waals surface area contributed by atoms with Gasteiger partial charge >= 0.3 is 6.03 Å². The Morgan fingerprint density at radius 3 is 2.67 bits per heavy atom. The second kappa shape index (κ2) is 9.69. The molecule has 2 heterocycles. The molecular weight excluding hydrogens is 380 g/mol. The normalized spacial score (nSPS) is 15.6. The molecule has 0 fully saturated rings. The Morgan fingerprint density at radius 2 is 1.97 bits per heavy atom. The summed E-state index contributed by atoms with van der Waals surface area (Å²) in [5, 5.41) is 2.89. The molecule has 0 saturated heterocycles. The molecule has 0 saturated carbocycles. The number of fused-ring (bicyclic) bond motifs is 1. The van der Waals surface area contributed by atoms with Crippen LogP contribution in [0.1, 0.15) is 44.5 Å². The van der Waals surface area contributed by atoms with Gasteiger partial charge in [-0.2, -0.15) is 0 Å². The van der Waals surface area contributed by atoms with Gasteiger partial charge in [0.15, 0.2) is 0 Å². The van der Waals surface area contributed by atoms with Crippen molar-refractivity contribution in [3.63, 3.8) is 0 Å². The van der Waals surface area contributed by atoms with Crippen molar-refractivity contribution in [2.75, 3.05) is 26.7 Å². The van der Waals surface area contributed by atoms with Gasteiger partial charge < -0.3 is 24.4 Å². The number of hydrogen-bond acceptors (Lipinski definition) is 3. The summed E-state index contributed by atoms with van der Waals surface area (Å²) in [6.45, 7) is 7.80. The molecule has 1 aromatic carbocycles. The molecule has 1 aliphatic heterocycles. The van der Waals surface area contributed by atoms with Crippen LogP contribution >= 0.6 is 0 Å². The minimum atomic E-state index is -0.259. The van der Waals surface area contributed by atoms with E-state index >= 15 is 0 Å². The number of rotatable bonds is 7. The molecule has 0 radical (unpaired) electrons. The van der Waals surface area contributed by atoms with E-state index < -0.39 is 0 Å². The summed E-state index contributed by atoms with van der Waals surface area (Å²) in [4.78, 5) is 29.5. The monoisotopic (exact) mass is 412 g/mol. The summed E-state index contributed by atoms with van der Waals surface area (Å²) in [6, 6.07) is 11.3. The molecule has 2 aromatic rings. The maximum atomic E-state index is 13.5. The van der Waals surface area contributed by atoms with Crippen LogP contribution in [-0.2, 0) is 11.3 Å². The molecule has 0 spiro atoms. The second-order valence-electron chi connectivity index (χ2n) is 7.81. The molecule has 1 atom stereocenters. The van der Waals surface area contributed by atoms with Crippen LogP contribution in [0.5, 0.6) is 5.75 Å². The Balaban J connectivity index is 1.91. The number of carbonyl (C=O) groups is 2. The van der Waals surface area contributed by atoms with E-state index in [2.05, 4.69) is 9.88 Å². The van der Waals surface area contributed by atoms with Crippen LogP contribution in [0.15, 0.2) is 42.6 Å². The number of urea groups is 1. The Morgan fingerprint density at radius 1 is 1.20 bits per heavy atom. The number of hydrogen-bond donors (Lipinski definition) is 1. The van der Waals surface area contributed by atoms with Crippen LogP contribution in [0, 0.1) is 0 Å². The molecule has 1 aromatic heterocycles. The van der Waals surface area contributed by atoms with Gasteiger partial charge in [0.05, 0.1) is 7.11 Å². The van der Waals surface area contributed by atoms with Gasteiger partial charge in [0, 0.05) is 43.1 Å². The Kier molecular flexibility index (Phi) is 7.03. The highest BCUT2D eigenvalue weighted by atomic mass is 16.5. The topological polar surface area (TPSA) is 66.8 Å². The van der Waals surface area contributed by atoms with Gasteiger partial charge in [-0.3, -0.25) is 4.79 Å². The molecule has 0 unspecified atom stereocenters. The van der Waals surface area contributed by atoms with Gasteiger partial charge in [-0.25, -0.2) is 4.79 Å². The summed E-state index contributed by atoms with van der Waals surface area (Å²) in [5.74, 6) is 0.676. The van der Waals surface area contributed by atoms with E-state index in [1.165, 1.54) is 0 Å². The van der Waals surface area contributed by atoms with E-state index in [0.717, 1.165) is 30.0 Å². The molecule has 7 heteroatoms. The molecule has 3 amide bonds. The van der Waals surface area contributed by atoms with E-state index in [1.807, 2.05) is 68.3 Å². The van der Waals surface area contributed by atoms with E-state index in [4.69, 9.17) is 4.74 Å². The summed E-state index contributed by atoms with van der Waals surface area (Å²) in [7, 11) is 1.64. The van der Waals surface area contributed by atoms with E-state index in [0.29, 0.717) is 13.1 Å². The standard InChI is InChI=1S/C23H32N4O3/c1-5-12-24-23(29)27(17(2)3)16-21(28)26-15-14-25-13-8-10-19(25)22(26)18-9-6-7-11-20(18)30-4/h6-11,13,17,22H,5,12,14-16H2,1-4H3,(H,24,29)/t22-/m0/s1. The summed E-state index contributed by atoms with van der Waals surface area (Å²) in [5.41, 5.74) is 1.99. The van der Waals surface area contributed by atoms with Crippen LogP contribution in [0.3, 0.4) is 0 Å². The highest BCUT2D eigenvalue weighted by molar-refractivity contribution is 5.85. The van der Waals surface area contributed by atoms with Crippen LogP contribution in [-0.4, -0.2) is 59.1 Å². The van der Waals surface area contributed by atoms with Gasteiger partial charge in [0.1, 0.15) is 18.3 Å². The lowest BCUT2D eigenvalue weighted by molar-refractivity contribution is -0.134. The van der Waals surface area contributed by atoms with Gasteiger partial charge in [-0.05, 0) is 38.5 Å². The fraction of sp³-hybridized carbons (Fsp3) is 0.478. The highest BCUT2D eigenvalue weighted by Crippen LogP contribution is 2.37. The third kappa shape index (κ3) is 4.45. The van der Waals surface area contributed by atoms with Crippen LogP contribution in [0.4, 0.5) is 4.79 Å². The zero-order valence-corrected chi connectivity index (χ0v) is 18.3. The SMILES string of the molecule is CCCNC(=O)N(CC(=O)N1CCn2cccc2[C@@H]1c1ccccc1OC)C(C)C. The number of methoxy groups -OCH3 is 1. The van der Waals surface area contributed by atoms with Crippen molar-refractivity contribution in [3.8, 4) is 5.75 Å². The lowest BCUT2D eigenvalue weighted by Gasteiger charge is -2.39. The van der Waals surface area contributed by atoms with Crippen molar-refractivity contribution in [2.45, 2.75) is 45.8 Å². The minimum Gasteiger partial charge on any atom is -0.496 e. The van der Waals surface area contributed by atoms with E-state index in [9.17, 15) is 9.59 Å². The number of nitrogens with zero attached hydrogens (tertiary/aromatic N) is 3. The number of ether oxygens (including phenoxy) is 1. The molecule has 3 rings (SSSR count). The van der Waals surface area contributed by atoms with Crippen LogP contribution in [0.25, 0.3) is 0 Å². The third-order valence-electron chi connectivity index (χ3n) is 5.51. The quantitative estimate of drug-likeness (QED) is 0.759. The maximum absolute atomic E-state index is 13.5. The fourth-order valence-electron chi connectivity index (χ4n) is 3.93. The lowest BCUT2D eigenvalue weighted by atomic mass is 9.98. The van der Waals surface area contributed by atoms with E-state index in [1.54, 1.807) is 12.0 Å². The zero-order chi connectivity index (χ0) is 21.7. The molecular formula is C23H32N4O3. The maximum Gasteiger partial charge on any atom is 0.318 e. The number of benzene rings is 1. The first kappa shape index (κ1) is 21.7. The van der Waals surface area contributed by atoms with Crippen LogP contribution in [0.2, 0.25) is 0 Å². The molecule has 162 valence electrons. The minimum absolute atomic E-state index is 0.0412. The largest absolute Gasteiger partial charge is 0.496 e. The first-order chi connectivity index (χ1) is 14.5. The van der Waals surface area contributed by atoms with Gasteiger partial charge in [-0.1, -0.05) is 25.1 Å². The molecule has 1 aliphatic rings. The molecule has 30 heavy (non-hydrogen) atoms. The molecule has 1 N–H and O–H groups in total. The third-order valence-corrected chi connectivity index (χ3v) is 5.51. The smallest absolute Gasteiger partial charge is 0.318 e. The number of carbonyl (C=O) groups excluding carboxylic acids is 2. The van der Waals surface area contributed by atoms with E-state index in [-0.39, 0.29) is 30.6 Å². The summed E-state index contributed by atoms with van der Waals surface area (Å²) >= 11 is 0.